The predicted octanol–water partition coefficient (Wildman–Crippen LogP) is -4.50. The van der Waals surface area contributed by atoms with Gasteiger partial charge in [0, 0.05) is 45.2 Å². The van der Waals surface area contributed by atoms with Crippen molar-refractivity contribution in [3.63, 3.8) is 0 Å². The number of unbranched alkanes of at least 4 members (excludes halogenated alkanes) is 2. The molecule has 0 bridgehead atoms. The maximum absolute atomic E-state index is 13.8. The molecule has 7 atom stereocenters. The number of rotatable bonds is 38. The fourth-order valence-electron chi connectivity index (χ4n) is 7.42. The largest absolute Gasteiger partial charge is 0.508 e. The molecule has 0 saturated heterocycles. The van der Waals surface area contributed by atoms with E-state index in [9.17, 15) is 53.7 Å². The number of phenols is 1. The lowest BCUT2D eigenvalue weighted by atomic mass is 10.0. The molecule has 0 aliphatic rings. The van der Waals surface area contributed by atoms with Crippen molar-refractivity contribution in [2.75, 3.05) is 53.1 Å². The molecule has 8 amide bonds. The first-order chi connectivity index (χ1) is 36.2. The van der Waals surface area contributed by atoms with Crippen LogP contribution in [-0.4, -0.2) is 179 Å². The number of methoxy groups -OCH3 is 1. The predicted molar refractivity (Wildman–Crippen MR) is 278 cm³/mol. The third-order valence-corrected chi connectivity index (χ3v) is 11.7. The molecule has 19 N–H and O–H groups in total. The average molecular weight is 1080 g/mol. The molecule has 0 fully saturated rings. The quantitative estimate of drug-likeness (QED) is 0.0171. The molecule has 2 rings (SSSR count). The molecule has 0 spiro atoms. The van der Waals surface area contributed by atoms with Crippen LogP contribution in [0.4, 0.5) is 0 Å². The van der Waals surface area contributed by atoms with Crippen molar-refractivity contribution in [3.05, 3.63) is 41.7 Å². The summed E-state index contributed by atoms with van der Waals surface area (Å²) < 4.78 is 6.62. The van der Waals surface area contributed by atoms with Gasteiger partial charge in [-0.3, -0.25) is 43.8 Å². The summed E-state index contributed by atoms with van der Waals surface area (Å²) in [6.45, 7) is 4.39. The number of guanidine groups is 1. The molecule has 0 radical (unpaired) electrons. The summed E-state index contributed by atoms with van der Waals surface area (Å²) >= 11 is 0. The van der Waals surface area contributed by atoms with Gasteiger partial charge in [-0.25, -0.2) is 4.68 Å². The molecule has 426 valence electrons. The monoisotopic (exact) mass is 1070 g/mol. The summed E-state index contributed by atoms with van der Waals surface area (Å²) in [6, 6.07) is -2.64. The Morgan fingerprint density at radius 1 is 0.671 bits per heavy atom. The Kier molecular flexibility index (Phi) is 30.9. The van der Waals surface area contributed by atoms with Crippen molar-refractivity contribution in [3.8, 4) is 5.75 Å². The highest BCUT2D eigenvalue weighted by Crippen LogP contribution is 2.13. The molecule has 2 aromatic rings. The Morgan fingerprint density at radius 2 is 1.22 bits per heavy atom. The van der Waals surface area contributed by atoms with Crippen molar-refractivity contribution < 1.29 is 58.4 Å². The van der Waals surface area contributed by atoms with Crippen LogP contribution >= 0.6 is 0 Å². The zero-order chi connectivity index (χ0) is 56.6. The SMILES string of the molecule is COCCn1cc(CCC(=O)N[C@@H](CCCCN)C(=O)NCC(=O)N[C@H](C(=O)N[C@@H](CO)C(=O)N[C@@H](CCCCN)C(=O)N[C@@H](CO)C(=O)N[C@@H](Cc2ccc(O)cc2)C(=O)N[C@H](C)CCCNC(=N)N)C(C)C)nn1. The smallest absolute Gasteiger partial charge is 0.245 e. The normalized spacial score (nSPS) is 13.9. The van der Waals surface area contributed by atoms with E-state index in [0.29, 0.717) is 76.0 Å². The van der Waals surface area contributed by atoms with Gasteiger partial charge < -0.3 is 85.1 Å². The van der Waals surface area contributed by atoms with Crippen molar-refractivity contribution in [1.29, 1.82) is 5.41 Å². The van der Waals surface area contributed by atoms with E-state index >= 15 is 0 Å². The van der Waals surface area contributed by atoms with Gasteiger partial charge in [0.15, 0.2) is 5.96 Å². The molecule has 28 heteroatoms. The number of aromatic hydroxyl groups is 1. The van der Waals surface area contributed by atoms with Crippen LogP contribution in [0.5, 0.6) is 5.75 Å². The Bertz CT molecular complexity index is 2150. The summed E-state index contributed by atoms with van der Waals surface area (Å²) in [5, 5.41) is 68.8. The van der Waals surface area contributed by atoms with E-state index in [4.69, 9.17) is 27.3 Å². The summed E-state index contributed by atoms with van der Waals surface area (Å²) in [7, 11) is 1.56. The highest BCUT2D eigenvalue weighted by molar-refractivity contribution is 5.97. The minimum absolute atomic E-state index is 0.00624. The number of carbonyl (C=O) groups excluding carboxylic acids is 8. The molecule has 28 nitrogen and oxygen atoms in total. The third kappa shape index (κ3) is 25.5. The van der Waals surface area contributed by atoms with Crippen molar-refractivity contribution in [2.45, 2.75) is 140 Å². The minimum Gasteiger partial charge on any atom is -0.508 e. The number of phenolic OH excluding ortho intramolecular Hbond substituents is 1. The highest BCUT2D eigenvalue weighted by Gasteiger charge is 2.33. The topological polar surface area (TPSA) is 447 Å². The maximum Gasteiger partial charge on any atom is 0.245 e. The molecule has 1 aromatic heterocycles. The van der Waals surface area contributed by atoms with Crippen LogP contribution in [0.25, 0.3) is 0 Å². The number of aryl methyl sites for hydroxylation is 1. The molecule has 0 saturated carbocycles. The Labute approximate surface area is 442 Å². The third-order valence-electron chi connectivity index (χ3n) is 11.7. The van der Waals surface area contributed by atoms with Gasteiger partial charge in [0.2, 0.25) is 47.3 Å². The Hall–Kier alpha value is -7.01. The van der Waals surface area contributed by atoms with E-state index < -0.39 is 109 Å². The maximum atomic E-state index is 13.8. The molecule has 0 unspecified atom stereocenters. The number of benzene rings is 1. The van der Waals surface area contributed by atoms with Gasteiger partial charge in [-0.15, -0.1) is 5.10 Å². The van der Waals surface area contributed by atoms with E-state index in [0.717, 1.165) is 0 Å². The number of amides is 8. The number of nitrogens with zero attached hydrogens (tertiary/aromatic N) is 3. The van der Waals surface area contributed by atoms with E-state index in [2.05, 4.69) is 58.2 Å². The molecule has 76 heavy (non-hydrogen) atoms. The van der Waals surface area contributed by atoms with Crippen molar-refractivity contribution in [2.24, 2.45) is 23.1 Å². The van der Waals surface area contributed by atoms with Crippen LogP contribution < -0.4 is 65.1 Å². The number of aliphatic hydroxyl groups is 2. The van der Waals surface area contributed by atoms with Crippen LogP contribution in [0.15, 0.2) is 30.5 Å². The van der Waals surface area contributed by atoms with E-state index in [1.807, 2.05) is 0 Å². The molecular weight excluding hydrogens is 993 g/mol. The van der Waals surface area contributed by atoms with Gasteiger partial charge in [0.25, 0.3) is 0 Å². The molecule has 0 aliphatic heterocycles. The van der Waals surface area contributed by atoms with Crippen LogP contribution in [0.1, 0.15) is 89.8 Å². The van der Waals surface area contributed by atoms with Gasteiger partial charge in [0.05, 0.1) is 38.6 Å². The fourth-order valence-corrected chi connectivity index (χ4v) is 7.42. The van der Waals surface area contributed by atoms with Gasteiger partial charge in [-0.05, 0) is 95.0 Å². The second-order valence-corrected chi connectivity index (χ2v) is 18.5. The van der Waals surface area contributed by atoms with Crippen molar-refractivity contribution in [1.82, 2.24) is 62.8 Å². The summed E-state index contributed by atoms with van der Waals surface area (Å²) in [5.74, 6) is -7.03. The van der Waals surface area contributed by atoms with Crippen LogP contribution in [0.3, 0.4) is 0 Å². The molecule has 1 heterocycles. The number of hydrogen-bond acceptors (Lipinski definition) is 17. The van der Waals surface area contributed by atoms with Crippen LogP contribution in [0.2, 0.25) is 0 Å². The number of nitrogens with two attached hydrogens (primary N) is 3. The summed E-state index contributed by atoms with van der Waals surface area (Å²) in [6.07, 6.45) is 4.95. The standard InChI is InChI=1S/C48H82N16O12/c1-29(2)41(61-40(69)25-54-42(70)34(11-5-7-19-49)56-39(68)18-15-32-26-64(63-62-32)22-23-76-4)47(75)60-38(28-66)45(73)57-35(12-6-8-20-50)43(71)59-37(27-65)46(74)58-36(24-31-13-16-33(67)17-14-31)44(72)55-30(3)10-9-21-53-48(51)52/h13-14,16-17,26,29-30,34-38,41,65-67H,5-12,15,18-25,27-28,49-50H2,1-4H3,(H,54,70)(H,55,72)(H,56,68)(H,57,73)(H,58,74)(H,59,71)(H,60,75)(H,61,69)(H4,51,52,53)/t30-,34+,35+,36+,37+,38+,41+/m1/s1. The van der Waals surface area contributed by atoms with E-state index in [1.165, 1.54) is 12.1 Å². The van der Waals surface area contributed by atoms with Gasteiger partial charge in [0.1, 0.15) is 42.0 Å². The molecule has 1 aromatic carbocycles. The lowest BCUT2D eigenvalue weighted by Crippen LogP contribution is -2.61. The number of carbonyl (C=O) groups is 8. The van der Waals surface area contributed by atoms with E-state index in [1.54, 1.807) is 50.9 Å². The second-order valence-electron chi connectivity index (χ2n) is 18.5. The molecular formula is C48H82N16O12. The number of aromatic nitrogens is 3. The molecule has 0 aliphatic carbocycles. The lowest BCUT2D eigenvalue weighted by molar-refractivity contribution is -0.136. The first kappa shape index (κ1) is 65.1. The fraction of sp³-hybridized carbons (Fsp3) is 0.646. The highest BCUT2D eigenvalue weighted by atomic mass is 16.5. The van der Waals surface area contributed by atoms with Gasteiger partial charge in [-0.2, -0.15) is 0 Å². The summed E-state index contributed by atoms with van der Waals surface area (Å²) in [5.41, 5.74) is 17.8. The van der Waals surface area contributed by atoms with Gasteiger partial charge >= 0.3 is 0 Å². The summed E-state index contributed by atoms with van der Waals surface area (Å²) in [4.78, 5) is 108. The van der Waals surface area contributed by atoms with Crippen molar-refractivity contribution >= 4 is 53.2 Å². The first-order valence-corrected chi connectivity index (χ1v) is 25.5. The van der Waals surface area contributed by atoms with Crippen LogP contribution in [-0.2, 0) is 62.5 Å². The van der Waals surface area contributed by atoms with E-state index in [-0.39, 0.29) is 56.4 Å². The zero-order valence-electron chi connectivity index (χ0n) is 44.0. The number of nitrogens with one attached hydrogen (secondary N) is 10. The number of ether oxygens (including phenoxy) is 1. The second kappa shape index (κ2) is 36.1. The Morgan fingerprint density at radius 3 is 1.79 bits per heavy atom. The van der Waals surface area contributed by atoms with Gasteiger partial charge in [-0.1, -0.05) is 31.2 Å². The number of aliphatic hydroxyl groups excluding tert-OH is 2. The lowest BCUT2D eigenvalue weighted by Gasteiger charge is -2.27. The van der Waals surface area contributed by atoms with Crippen LogP contribution in [0, 0.1) is 11.3 Å². The number of hydrogen-bond donors (Lipinski definition) is 16. The average Bonchev–Trinajstić information content (AvgIpc) is 3.85. The first-order valence-electron chi connectivity index (χ1n) is 25.5. The Balaban J connectivity index is 2.12. The minimum atomic E-state index is -1.65. The zero-order valence-corrected chi connectivity index (χ0v) is 44.0.